The molecule has 2 heterocycles. The Bertz CT molecular complexity index is 2180. The van der Waals surface area contributed by atoms with Crippen LogP contribution in [-0.2, 0) is 61.5 Å². The van der Waals surface area contributed by atoms with Crippen LogP contribution in [0.1, 0.15) is 381 Å². The van der Waals surface area contributed by atoms with Crippen LogP contribution >= 0.6 is 7.82 Å². The monoisotopic (exact) mass is 1510 g/mol. The number of phosphoric acid groups is 1. The van der Waals surface area contributed by atoms with E-state index in [1.54, 1.807) is 0 Å². The third kappa shape index (κ3) is 48.6. The van der Waals surface area contributed by atoms with Crippen LogP contribution in [0.2, 0.25) is 0 Å². The minimum Gasteiger partial charge on any atom is -0.462 e. The van der Waals surface area contributed by atoms with E-state index in [1.165, 1.54) is 96.3 Å². The van der Waals surface area contributed by atoms with Crippen molar-refractivity contribution in [3.05, 3.63) is 0 Å². The van der Waals surface area contributed by atoms with E-state index in [2.05, 4.69) is 45.3 Å². The maximum absolute atomic E-state index is 14.8. The lowest BCUT2D eigenvalue weighted by Crippen LogP contribution is -2.68. The summed E-state index contributed by atoms with van der Waals surface area (Å²) < 4.78 is 54.4. The van der Waals surface area contributed by atoms with Crippen molar-refractivity contribution < 1.29 is 102 Å². The second-order valence-electron chi connectivity index (χ2n) is 30.2. The predicted octanol–water partition coefficient (Wildman–Crippen LogP) is 15.2. The van der Waals surface area contributed by atoms with Gasteiger partial charge in [0, 0.05) is 6.42 Å². The topological polar surface area (TPSA) is 353 Å². The number of carbonyl (C=O) groups excluding carboxylic acids is 5. The highest BCUT2D eigenvalue weighted by Gasteiger charge is 2.54. The lowest BCUT2D eigenvalue weighted by atomic mass is 9.95. The SMILES string of the molecule is CCCCCCCCCCCC(=O)O[C@H](CCCCCCCCCCC)CC(=O)NC1[C@H](OCC2OC(O)C(NC(=O)C[C@H](O)CCCCCCCCCCC)[C@@H](OC(=O)C[C@H](O)CCCCCCCCCCC)[C@@H]2O)OC(CO)[C@@H](OP(=O)(O)O)[C@@H]1OC(=O)C[C@H](O)CCCCCCCCCCC. The fourth-order valence-corrected chi connectivity index (χ4v) is 14.7. The first kappa shape index (κ1) is 97.2. The molecule has 0 saturated carbocycles. The first-order valence-electron chi connectivity index (χ1n) is 42.0. The first-order valence-corrected chi connectivity index (χ1v) is 43.6. The molecule has 10 N–H and O–H groups in total. The van der Waals surface area contributed by atoms with Crippen LogP contribution in [0.15, 0.2) is 0 Å². The third-order valence-electron chi connectivity index (χ3n) is 20.4. The Labute approximate surface area is 627 Å². The Morgan fingerprint density at radius 2 is 0.750 bits per heavy atom. The molecule has 0 aromatic carbocycles. The van der Waals surface area contributed by atoms with Gasteiger partial charge < -0.3 is 79.5 Å². The molecule has 2 rings (SSSR count). The molecular formula is C80H151N2O21P. The molecule has 0 aromatic rings. The Morgan fingerprint density at radius 1 is 0.404 bits per heavy atom. The van der Waals surface area contributed by atoms with Crippen LogP contribution < -0.4 is 10.6 Å². The van der Waals surface area contributed by atoms with Crippen molar-refractivity contribution in [1.82, 2.24) is 10.6 Å². The minimum atomic E-state index is -5.55. The molecule has 0 radical (unpaired) electrons. The molecule has 104 heavy (non-hydrogen) atoms. The highest BCUT2D eigenvalue weighted by molar-refractivity contribution is 7.46. The minimum absolute atomic E-state index is 0.131. The van der Waals surface area contributed by atoms with Gasteiger partial charge >= 0.3 is 25.7 Å². The molecule has 0 spiro atoms. The number of nitrogens with one attached hydrogen (secondary N) is 2. The molecule has 2 aliphatic heterocycles. The summed E-state index contributed by atoms with van der Waals surface area (Å²) in [6.45, 7) is 9.03. The van der Waals surface area contributed by atoms with E-state index in [4.69, 9.17) is 32.9 Å². The van der Waals surface area contributed by atoms with Gasteiger partial charge in [-0.25, -0.2) is 4.57 Å². The van der Waals surface area contributed by atoms with Crippen LogP contribution in [0.3, 0.4) is 0 Å². The molecule has 14 atom stereocenters. The third-order valence-corrected chi connectivity index (χ3v) is 20.9. The number of carbonyl (C=O) groups is 5. The number of hydrogen-bond acceptors (Lipinski definition) is 19. The number of ether oxygens (including phenoxy) is 6. The number of rotatable bonds is 69. The second kappa shape index (κ2) is 62.8. The average Bonchev–Trinajstić information content (AvgIpc) is 0.782. The molecule has 2 aliphatic rings. The van der Waals surface area contributed by atoms with E-state index in [1.807, 2.05) is 0 Å². The smallest absolute Gasteiger partial charge is 0.462 e. The van der Waals surface area contributed by atoms with Gasteiger partial charge in [0.05, 0.1) is 57.2 Å². The van der Waals surface area contributed by atoms with Gasteiger partial charge in [-0.2, -0.15) is 0 Å². The second-order valence-corrected chi connectivity index (χ2v) is 31.4. The van der Waals surface area contributed by atoms with Gasteiger partial charge in [-0.3, -0.25) is 28.5 Å². The lowest BCUT2D eigenvalue weighted by Gasteiger charge is -2.46. The molecule has 5 unspecified atom stereocenters. The zero-order valence-electron chi connectivity index (χ0n) is 65.5. The first-order chi connectivity index (χ1) is 50.2. The van der Waals surface area contributed by atoms with Crippen molar-refractivity contribution in [2.24, 2.45) is 0 Å². The molecule has 24 heteroatoms. The number of amides is 2. The van der Waals surface area contributed by atoms with Crippen molar-refractivity contribution in [1.29, 1.82) is 0 Å². The number of aliphatic hydroxyl groups excluding tert-OH is 6. The largest absolute Gasteiger partial charge is 0.470 e. The van der Waals surface area contributed by atoms with E-state index >= 15 is 0 Å². The van der Waals surface area contributed by atoms with Crippen molar-refractivity contribution in [2.75, 3.05) is 13.2 Å². The van der Waals surface area contributed by atoms with Crippen molar-refractivity contribution >= 4 is 37.5 Å². The predicted molar refractivity (Wildman–Crippen MR) is 405 cm³/mol. The van der Waals surface area contributed by atoms with Crippen LogP contribution in [-0.4, -0.2) is 169 Å². The van der Waals surface area contributed by atoms with Gasteiger partial charge in [0.25, 0.3) is 0 Å². The molecule has 23 nitrogen and oxygen atoms in total. The summed E-state index contributed by atoms with van der Waals surface area (Å²) in [5, 5.41) is 73.5. The summed E-state index contributed by atoms with van der Waals surface area (Å²) in [5.74, 6) is -4.07. The maximum atomic E-state index is 14.8. The molecular weight excluding hydrogens is 1360 g/mol. The number of esters is 3. The Balaban J connectivity index is 2.58. The molecule has 612 valence electrons. The Hall–Kier alpha value is -2.90. The number of hydrogen-bond donors (Lipinski definition) is 10. The van der Waals surface area contributed by atoms with Gasteiger partial charge in [-0.1, -0.05) is 311 Å². The van der Waals surface area contributed by atoms with E-state index in [0.717, 1.165) is 161 Å². The zero-order chi connectivity index (χ0) is 76.4. The number of aliphatic hydroxyl groups is 6. The molecule has 0 aromatic heterocycles. The zero-order valence-corrected chi connectivity index (χ0v) is 66.4. The molecule has 2 amide bonds. The molecule has 2 saturated heterocycles. The van der Waals surface area contributed by atoms with E-state index in [0.29, 0.717) is 44.9 Å². The number of phosphoric ester groups is 1. The van der Waals surface area contributed by atoms with E-state index < -0.39 is 162 Å². The Kier molecular flexibility index (Phi) is 58.7. The number of unbranched alkanes of at least 4 members (excludes halogenated alkanes) is 40. The van der Waals surface area contributed by atoms with Crippen LogP contribution in [0.5, 0.6) is 0 Å². The van der Waals surface area contributed by atoms with Crippen molar-refractivity contribution in [3.63, 3.8) is 0 Å². The van der Waals surface area contributed by atoms with Crippen LogP contribution in [0.25, 0.3) is 0 Å². The maximum Gasteiger partial charge on any atom is 0.470 e. The fourth-order valence-electron chi connectivity index (χ4n) is 14.1. The lowest BCUT2D eigenvalue weighted by molar-refractivity contribution is -0.298. The van der Waals surface area contributed by atoms with Gasteiger partial charge in [0.2, 0.25) is 11.8 Å². The molecule has 0 bridgehead atoms. The summed E-state index contributed by atoms with van der Waals surface area (Å²) in [5.41, 5.74) is 0. The van der Waals surface area contributed by atoms with Gasteiger partial charge in [-0.15, -0.1) is 0 Å². The van der Waals surface area contributed by atoms with Crippen molar-refractivity contribution in [3.8, 4) is 0 Å². The van der Waals surface area contributed by atoms with Crippen LogP contribution in [0.4, 0.5) is 0 Å². The van der Waals surface area contributed by atoms with E-state index in [9.17, 15) is 69.0 Å². The summed E-state index contributed by atoms with van der Waals surface area (Å²) in [4.78, 5) is 90.8. The van der Waals surface area contributed by atoms with Crippen LogP contribution in [0, 0.1) is 0 Å². The molecule has 0 aliphatic carbocycles. The van der Waals surface area contributed by atoms with Gasteiger partial charge in [0.1, 0.15) is 42.6 Å². The highest BCUT2D eigenvalue weighted by atomic mass is 31.2. The summed E-state index contributed by atoms with van der Waals surface area (Å²) >= 11 is 0. The standard InChI is InChI=1S/C80H151N2O21P/c1-6-11-16-21-26-31-36-41-46-51-62(84)56-68(87)81-73-77(101-71(90)57-63(85)52-47-42-37-32-27-22-17-12-7-2)75(92)67(99-79(73)93)61-97-80-74(78(76(66(60-83)100-80)103-104(94,95)96)102-72(91)58-64(86)53-48-43-38-33-28-23-18-13-8-3)82-69(88)59-65(54-49-44-39-34-29-24-19-14-9-4)98-70(89)55-50-45-40-35-30-25-20-15-10-5/h62-67,73-80,83-86,92-93H,6-61H2,1-5H3,(H,81,87)(H,82,88)(H2,94,95,96)/t62-,63-,64-,65-,66?,67?,73?,74?,75-,76-,77-,78-,79?,80-/m1/s1. The normalized spacial score (nSPS) is 21.8. The summed E-state index contributed by atoms with van der Waals surface area (Å²) in [6.07, 6.45) is 26.5. The Morgan fingerprint density at radius 3 is 1.14 bits per heavy atom. The average molecular weight is 1510 g/mol. The highest BCUT2D eigenvalue weighted by Crippen LogP contribution is 2.43. The van der Waals surface area contributed by atoms with Gasteiger partial charge in [0.15, 0.2) is 24.8 Å². The van der Waals surface area contributed by atoms with E-state index in [-0.39, 0.29) is 19.3 Å². The van der Waals surface area contributed by atoms with Gasteiger partial charge in [-0.05, 0) is 38.5 Å². The summed E-state index contributed by atoms with van der Waals surface area (Å²) in [7, 11) is -5.55. The molecule has 2 fully saturated rings. The quantitative estimate of drug-likeness (QED) is 0.0117. The van der Waals surface area contributed by atoms with Crippen molar-refractivity contribution in [2.45, 2.75) is 467 Å². The fraction of sp³-hybridized carbons (Fsp3) is 0.938. The summed E-state index contributed by atoms with van der Waals surface area (Å²) in [6, 6.07) is -3.41.